The molecule has 1 heterocycles. The number of rotatable bonds is 7. The van der Waals surface area contributed by atoms with Crippen molar-refractivity contribution in [2.45, 2.75) is 30.9 Å². The fourth-order valence-corrected chi connectivity index (χ4v) is 3.85. The fraction of sp³-hybridized carbons (Fsp3) is 0.636. The highest BCUT2D eigenvalue weighted by molar-refractivity contribution is 7.91. The SMILES string of the molecule is CC(C)(CCCO)CNS(=O)(=O)c1cc(N)cs1. The summed E-state index contributed by atoms with van der Waals surface area (Å²) in [5.41, 5.74) is 5.79. The highest BCUT2D eigenvalue weighted by Crippen LogP contribution is 2.24. The molecule has 0 fully saturated rings. The van der Waals surface area contributed by atoms with Crippen LogP contribution in [0.5, 0.6) is 0 Å². The molecule has 0 radical (unpaired) electrons. The van der Waals surface area contributed by atoms with E-state index in [1.807, 2.05) is 13.8 Å². The fourth-order valence-electron chi connectivity index (χ4n) is 1.48. The van der Waals surface area contributed by atoms with Crippen molar-refractivity contribution in [3.05, 3.63) is 11.4 Å². The van der Waals surface area contributed by atoms with Gasteiger partial charge in [0.05, 0.1) is 0 Å². The summed E-state index contributed by atoms with van der Waals surface area (Å²) in [6.07, 6.45) is 1.43. The van der Waals surface area contributed by atoms with Crippen molar-refractivity contribution in [2.75, 3.05) is 18.9 Å². The predicted octanol–water partition coefficient (Wildman–Crippen LogP) is 1.41. The minimum Gasteiger partial charge on any atom is -0.398 e. The van der Waals surface area contributed by atoms with Crippen LogP contribution >= 0.6 is 11.3 Å². The molecule has 0 aliphatic heterocycles. The van der Waals surface area contributed by atoms with Gasteiger partial charge in [-0.05, 0) is 24.3 Å². The summed E-state index contributed by atoms with van der Waals surface area (Å²) in [6, 6.07) is 1.45. The summed E-state index contributed by atoms with van der Waals surface area (Å²) in [5, 5.41) is 10.4. The van der Waals surface area contributed by atoms with Crippen LogP contribution in [0.1, 0.15) is 26.7 Å². The maximum Gasteiger partial charge on any atom is 0.250 e. The van der Waals surface area contributed by atoms with Crippen LogP contribution in [0.3, 0.4) is 0 Å². The molecule has 1 aromatic rings. The number of nitrogens with two attached hydrogens (primary N) is 1. The van der Waals surface area contributed by atoms with E-state index in [4.69, 9.17) is 10.8 Å². The van der Waals surface area contributed by atoms with Gasteiger partial charge in [0.15, 0.2) is 0 Å². The number of hydrogen-bond acceptors (Lipinski definition) is 5. The Kier molecular flexibility index (Phi) is 5.15. The normalized spacial score (nSPS) is 12.8. The van der Waals surface area contributed by atoms with Crippen LogP contribution in [0.25, 0.3) is 0 Å². The average Bonchev–Trinajstić information content (AvgIpc) is 2.72. The van der Waals surface area contributed by atoms with Gasteiger partial charge in [-0.25, -0.2) is 13.1 Å². The zero-order valence-corrected chi connectivity index (χ0v) is 12.3. The van der Waals surface area contributed by atoms with Crippen molar-refractivity contribution >= 4 is 27.0 Å². The molecule has 0 atom stereocenters. The first-order chi connectivity index (χ1) is 8.27. The number of sulfonamides is 1. The van der Waals surface area contributed by atoms with Gasteiger partial charge in [-0.1, -0.05) is 13.8 Å². The molecule has 0 saturated heterocycles. The van der Waals surface area contributed by atoms with Crippen molar-refractivity contribution in [1.29, 1.82) is 0 Å². The first-order valence-corrected chi connectivity index (χ1v) is 8.08. The lowest BCUT2D eigenvalue weighted by Gasteiger charge is -2.24. The summed E-state index contributed by atoms with van der Waals surface area (Å²) in [4.78, 5) is 0. The molecule has 0 unspecified atom stereocenters. The number of nitrogen functional groups attached to an aromatic ring is 1. The highest BCUT2D eigenvalue weighted by atomic mass is 32.2. The third-order valence-corrected chi connectivity index (χ3v) is 5.47. The van der Waals surface area contributed by atoms with Crippen LogP contribution in [-0.4, -0.2) is 26.7 Å². The molecule has 7 heteroatoms. The quantitative estimate of drug-likeness (QED) is 0.708. The van der Waals surface area contributed by atoms with Crippen molar-refractivity contribution in [2.24, 2.45) is 5.41 Å². The van der Waals surface area contributed by atoms with Crippen molar-refractivity contribution in [3.8, 4) is 0 Å². The molecule has 0 aliphatic rings. The molecule has 4 N–H and O–H groups in total. The van der Waals surface area contributed by atoms with Crippen molar-refractivity contribution < 1.29 is 13.5 Å². The molecule has 1 rings (SSSR count). The summed E-state index contributed by atoms with van der Waals surface area (Å²) in [7, 11) is -3.47. The monoisotopic (exact) mass is 292 g/mol. The van der Waals surface area contributed by atoms with E-state index in [0.29, 0.717) is 18.7 Å². The van der Waals surface area contributed by atoms with E-state index >= 15 is 0 Å². The van der Waals surface area contributed by atoms with Crippen molar-refractivity contribution in [1.82, 2.24) is 4.72 Å². The Morgan fingerprint density at radius 1 is 1.50 bits per heavy atom. The molecule has 0 bridgehead atoms. The van der Waals surface area contributed by atoms with Gasteiger partial charge in [-0.3, -0.25) is 0 Å². The van der Waals surface area contributed by atoms with E-state index in [1.54, 1.807) is 5.38 Å². The second-order valence-corrected chi connectivity index (χ2v) is 7.92. The third kappa shape index (κ3) is 4.56. The first kappa shape index (κ1) is 15.4. The Balaban J connectivity index is 2.62. The van der Waals surface area contributed by atoms with Crippen LogP contribution in [0.15, 0.2) is 15.7 Å². The smallest absolute Gasteiger partial charge is 0.250 e. The summed E-state index contributed by atoms with van der Waals surface area (Å²) < 4.78 is 26.7. The predicted molar refractivity (Wildman–Crippen MR) is 74.0 cm³/mol. The van der Waals surface area contributed by atoms with E-state index in [1.165, 1.54) is 6.07 Å². The minimum absolute atomic E-state index is 0.123. The number of aliphatic hydroxyl groups excluding tert-OH is 1. The molecule has 18 heavy (non-hydrogen) atoms. The topological polar surface area (TPSA) is 92.4 Å². The largest absolute Gasteiger partial charge is 0.398 e. The Morgan fingerprint density at radius 2 is 2.17 bits per heavy atom. The van der Waals surface area contributed by atoms with E-state index < -0.39 is 10.0 Å². The van der Waals surface area contributed by atoms with E-state index in [0.717, 1.165) is 17.8 Å². The third-order valence-electron chi connectivity index (χ3n) is 2.61. The van der Waals surface area contributed by atoms with Gasteiger partial charge in [0, 0.05) is 24.2 Å². The van der Waals surface area contributed by atoms with E-state index in [-0.39, 0.29) is 16.2 Å². The van der Waals surface area contributed by atoms with Gasteiger partial charge < -0.3 is 10.8 Å². The van der Waals surface area contributed by atoms with Crippen LogP contribution < -0.4 is 10.5 Å². The van der Waals surface area contributed by atoms with Gasteiger partial charge in [0.1, 0.15) is 4.21 Å². The molecule has 5 nitrogen and oxygen atoms in total. The minimum atomic E-state index is -3.47. The average molecular weight is 292 g/mol. The van der Waals surface area contributed by atoms with Gasteiger partial charge in [-0.15, -0.1) is 11.3 Å². The lowest BCUT2D eigenvalue weighted by molar-refractivity contribution is 0.242. The molecular formula is C11H20N2O3S2. The second-order valence-electron chi connectivity index (χ2n) is 5.02. The Morgan fingerprint density at radius 3 is 2.67 bits per heavy atom. The lowest BCUT2D eigenvalue weighted by Crippen LogP contribution is -2.33. The Labute approximate surface area is 112 Å². The maximum atomic E-state index is 12.0. The van der Waals surface area contributed by atoms with Gasteiger partial charge in [0.25, 0.3) is 0 Å². The molecule has 0 amide bonds. The van der Waals surface area contributed by atoms with Gasteiger partial charge >= 0.3 is 0 Å². The Hall–Kier alpha value is -0.630. The van der Waals surface area contributed by atoms with Crippen molar-refractivity contribution in [3.63, 3.8) is 0 Å². The number of thiophene rings is 1. The van der Waals surface area contributed by atoms with Crippen LogP contribution in [-0.2, 0) is 10.0 Å². The summed E-state index contributed by atoms with van der Waals surface area (Å²) in [6.45, 7) is 4.40. The number of anilines is 1. The lowest BCUT2D eigenvalue weighted by atomic mass is 9.88. The summed E-state index contributed by atoms with van der Waals surface area (Å²) >= 11 is 1.11. The van der Waals surface area contributed by atoms with E-state index in [2.05, 4.69) is 4.72 Å². The zero-order chi connectivity index (χ0) is 13.8. The highest BCUT2D eigenvalue weighted by Gasteiger charge is 2.22. The summed E-state index contributed by atoms with van der Waals surface area (Å²) in [5.74, 6) is 0. The molecule has 0 saturated carbocycles. The molecule has 1 aromatic heterocycles. The van der Waals surface area contributed by atoms with E-state index in [9.17, 15) is 8.42 Å². The van der Waals surface area contributed by atoms with Gasteiger partial charge in [0.2, 0.25) is 10.0 Å². The zero-order valence-electron chi connectivity index (χ0n) is 10.6. The van der Waals surface area contributed by atoms with Crippen LogP contribution in [0.2, 0.25) is 0 Å². The molecule has 0 aliphatic carbocycles. The van der Waals surface area contributed by atoms with Gasteiger partial charge in [-0.2, -0.15) is 0 Å². The maximum absolute atomic E-state index is 12.0. The number of aliphatic hydroxyl groups is 1. The molecular weight excluding hydrogens is 272 g/mol. The second kappa shape index (κ2) is 6.01. The van der Waals surface area contributed by atoms with Crippen LogP contribution in [0, 0.1) is 5.41 Å². The Bertz CT molecular complexity index is 480. The molecule has 0 aromatic carbocycles. The van der Waals surface area contributed by atoms with Crippen LogP contribution in [0.4, 0.5) is 5.69 Å². The standard InChI is InChI=1S/C11H20N2O3S2/c1-11(2,4-3-5-14)8-13-18(15,16)10-6-9(12)7-17-10/h6-7,13-14H,3-5,8,12H2,1-2H3. The molecule has 0 spiro atoms. The number of nitrogens with one attached hydrogen (secondary N) is 1. The molecule has 104 valence electrons. The number of hydrogen-bond donors (Lipinski definition) is 3. The first-order valence-electron chi connectivity index (χ1n) is 5.71.